The van der Waals surface area contributed by atoms with E-state index in [9.17, 15) is 4.79 Å². The molecule has 0 aliphatic heterocycles. The molecule has 0 saturated carbocycles. The summed E-state index contributed by atoms with van der Waals surface area (Å²) in [4.78, 5) is 33.8. The summed E-state index contributed by atoms with van der Waals surface area (Å²) < 4.78 is 1.51. The highest BCUT2D eigenvalue weighted by Gasteiger charge is 2.17. The third-order valence-corrected chi connectivity index (χ3v) is 6.16. The molecule has 2 aromatic carbocycles. The minimum Gasteiger partial charge on any atom is -0.341 e. The van der Waals surface area contributed by atoms with Crippen LogP contribution in [0.3, 0.4) is 0 Å². The van der Waals surface area contributed by atoms with Crippen molar-refractivity contribution in [1.82, 2.24) is 29.5 Å². The minimum absolute atomic E-state index is 0.274. The number of hydrogen-bond acceptors (Lipinski definition) is 6. The van der Waals surface area contributed by atoms with E-state index >= 15 is 0 Å². The molecule has 1 N–H and O–H groups in total. The summed E-state index contributed by atoms with van der Waals surface area (Å²) >= 11 is 14.2. The van der Waals surface area contributed by atoms with E-state index in [4.69, 9.17) is 28.2 Å². The van der Waals surface area contributed by atoms with Crippen LogP contribution in [0.15, 0.2) is 64.9 Å². The highest BCUT2D eigenvalue weighted by molar-refractivity contribution is 7.98. The monoisotopic (exact) mass is 454 g/mol. The maximum atomic E-state index is 13.4. The van der Waals surface area contributed by atoms with Crippen molar-refractivity contribution in [2.24, 2.45) is 0 Å². The Bertz CT molecular complexity index is 1470. The van der Waals surface area contributed by atoms with Crippen LogP contribution in [0.1, 0.15) is 5.82 Å². The van der Waals surface area contributed by atoms with Crippen molar-refractivity contribution in [2.75, 3.05) is 0 Å². The predicted octanol–water partition coefficient (Wildman–Crippen LogP) is 4.65. The van der Waals surface area contributed by atoms with Crippen LogP contribution in [0, 0.1) is 0 Å². The number of aromatic nitrogens is 6. The van der Waals surface area contributed by atoms with Gasteiger partial charge in [-0.25, -0.2) is 19.9 Å². The Balaban J connectivity index is 1.69. The molecular weight excluding hydrogens is 443 g/mol. The van der Waals surface area contributed by atoms with Gasteiger partial charge in [0, 0.05) is 0 Å². The standard InChI is InChI=1S/C20H12Cl2N6OS/c21-11-4-1-2-7-14(11)28-15(27-13-6-3-5-12(22)16(13)20(28)29)8-30-19-17-18(24-9-23-17)25-10-26-19/h1-7,9-10H,8H2,(H,23,24,25,26). The zero-order chi connectivity index (χ0) is 20.7. The molecular formula is C20H12Cl2N6OS. The number of hydrogen-bond donors (Lipinski definition) is 1. The maximum absolute atomic E-state index is 13.4. The van der Waals surface area contributed by atoms with Crippen molar-refractivity contribution in [1.29, 1.82) is 0 Å². The largest absolute Gasteiger partial charge is 0.341 e. The lowest BCUT2D eigenvalue weighted by Gasteiger charge is -2.15. The number of nitrogens with one attached hydrogen (secondary N) is 1. The number of fused-ring (bicyclic) bond motifs is 2. The fourth-order valence-corrected chi connectivity index (χ4v) is 4.55. The number of H-pyrrole nitrogens is 1. The molecule has 5 rings (SSSR count). The van der Waals surface area contributed by atoms with Gasteiger partial charge in [0.15, 0.2) is 5.65 Å². The molecule has 0 atom stereocenters. The van der Waals surface area contributed by atoms with Crippen molar-refractivity contribution >= 4 is 57.0 Å². The van der Waals surface area contributed by atoms with E-state index in [0.29, 0.717) is 48.9 Å². The zero-order valence-electron chi connectivity index (χ0n) is 15.2. The van der Waals surface area contributed by atoms with Crippen LogP contribution < -0.4 is 5.56 Å². The first-order chi connectivity index (χ1) is 14.6. The Hall–Kier alpha value is -2.94. The number of para-hydroxylation sites is 1. The van der Waals surface area contributed by atoms with Crippen molar-refractivity contribution in [3.8, 4) is 5.69 Å². The Kier molecular flexibility index (Phi) is 4.90. The summed E-state index contributed by atoms with van der Waals surface area (Å²) in [7, 11) is 0. The molecule has 148 valence electrons. The summed E-state index contributed by atoms with van der Waals surface area (Å²) in [6.45, 7) is 0. The van der Waals surface area contributed by atoms with E-state index in [1.165, 1.54) is 22.7 Å². The van der Waals surface area contributed by atoms with Crippen molar-refractivity contribution < 1.29 is 0 Å². The molecule has 0 fully saturated rings. The number of benzene rings is 2. The molecule has 3 aromatic heterocycles. The Morgan fingerprint density at radius 1 is 1.00 bits per heavy atom. The molecule has 0 unspecified atom stereocenters. The average molecular weight is 455 g/mol. The number of thioether (sulfide) groups is 1. The minimum atomic E-state index is -0.274. The van der Waals surface area contributed by atoms with Gasteiger partial charge in [0.2, 0.25) is 0 Å². The average Bonchev–Trinajstić information content (AvgIpc) is 3.22. The van der Waals surface area contributed by atoms with E-state index in [-0.39, 0.29) is 5.56 Å². The van der Waals surface area contributed by atoms with Crippen LogP contribution in [-0.2, 0) is 5.75 Å². The van der Waals surface area contributed by atoms with Gasteiger partial charge in [-0.3, -0.25) is 9.36 Å². The van der Waals surface area contributed by atoms with Crippen LogP contribution in [-0.4, -0.2) is 29.5 Å². The third-order valence-electron chi connectivity index (χ3n) is 4.54. The smallest absolute Gasteiger partial charge is 0.267 e. The molecule has 0 spiro atoms. The second-order valence-corrected chi connectivity index (χ2v) is 8.10. The predicted molar refractivity (Wildman–Crippen MR) is 119 cm³/mol. The quantitative estimate of drug-likeness (QED) is 0.314. The van der Waals surface area contributed by atoms with Gasteiger partial charge in [0.1, 0.15) is 22.7 Å². The lowest BCUT2D eigenvalue weighted by molar-refractivity contribution is 0.883. The lowest BCUT2D eigenvalue weighted by atomic mass is 10.2. The van der Waals surface area contributed by atoms with Gasteiger partial charge >= 0.3 is 0 Å². The normalized spacial score (nSPS) is 11.4. The fourth-order valence-electron chi connectivity index (χ4n) is 3.20. The van der Waals surface area contributed by atoms with Crippen LogP contribution in [0.5, 0.6) is 0 Å². The molecule has 10 heteroatoms. The van der Waals surface area contributed by atoms with Crippen molar-refractivity contribution in [3.05, 3.63) is 81.3 Å². The summed E-state index contributed by atoms with van der Waals surface area (Å²) in [6, 6.07) is 12.4. The van der Waals surface area contributed by atoms with Crippen LogP contribution in [0.4, 0.5) is 0 Å². The zero-order valence-corrected chi connectivity index (χ0v) is 17.5. The van der Waals surface area contributed by atoms with Crippen LogP contribution in [0.2, 0.25) is 10.0 Å². The van der Waals surface area contributed by atoms with Gasteiger partial charge in [-0.05, 0) is 24.3 Å². The Morgan fingerprint density at radius 2 is 1.83 bits per heavy atom. The number of aromatic amines is 1. The van der Waals surface area contributed by atoms with E-state index in [1.807, 2.05) is 12.1 Å². The topological polar surface area (TPSA) is 89.3 Å². The lowest BCUT2D eigenvalue weighted by Crippen LogP contribution is -2.24. The van der Waals surface area contributed by atoms with E-state index in [0.717, 1.165) is 5.52 Å². The summed E-state index contributed by atoms with van der Waals surface area (Å²) in [6.07, 6.45) is 3.03. The van der Waals surface area contributed by atoms with Gasteiger partial charge in [-0.1, -0.05) is 53.2 Å². The second kappa shape index (κ2) is 7.71. The molecule has 0 radical (unpaired) electrons. The first-order valence-electron chi connectivity index (χ1n) is 8.85. The van der Waals surface area contributed by atoms with Gasteiger partial charge in [0.05, 0.1) is 38.7 Å². The highest BCUT2D eigenvalue weighted by Crippen LogP contribution is 2.28. The Labute approximate surface area is 184 Å². The number of imidazole rings is 1. The Morgan fingerprint density at radius 3 is 2.70 bits per heavy atom. The molecule has 0 aliphatic rings. The fraction of sp³-hybridized carbons (Fsp3) is 0.0500. The van der Waals surface area contributed by atoms with Crippen LogP contribution in [0.25, 0.3) is 27.8 Å². The van der Waals surface area contributed by atoms with Gasteiger partial charge in [-0.15, -0.1) is 0 Å². The molecule has 5 aromatic rings. The van der Waals surface area contributed by atoms with E-state index in [2.05, 4.69) is 19.9 Å². The second-order valence-electron chi connectivity index (χ2n) is 6.32. The molecule has 30 heavy (non-hydrogen) atoms. The first kappa shape index (κ1) is 19.0. The first-order valence-corrected chi connectivity index (χ1v) is 10.6. The summed E-state index contributed by atoms with van der Waals surface area (Å²) in [5.41, 5.74) is 2.11. The number of nitrogens with zero attached hydrogens (tertiary/aromatic N) is 5. The van der Waals surface area contributed by atoms with E-state index < -0.39 is 0 Å². The van der Waals surface area contributed by atoms with Crippen LogP contribution >= 0.6 is 35.0 Å². The summed E-state index contributed by atoms with van der Waals surface area (Å²) in [5, 5.41) is 1.85. The SMILES string of the molecule is O=c1c2c(Cl)cccc2nc(CSc2ncnc3nc[nH]c23)n1-c1ccccc1Cl. The molecule has 7 nitrogen and oxygen atoms in total. The third kappa shape index (κ3) is 3.23. The van der Waals surface area contributed by atoms with Gasteiger partial charge < -0.3 is 4.98 Å². The molecule has 3 heterocycles. The number of halogens is 2. The van der Waals surface area contributed by atoms with Gasteiger partial charge in [0.25, 0.3) is 5.56 Å². The highest BCUT2D eigenvalue weighted by atomic mass is 35.5. The summed E-state index contributed by atoms with van der Waals surface area (Å²) in [5.74, 6) is 0.896. The molecule has 0 bridgehead atoms. The maximum Gasteiger partial charge on any atom is 0.267 e. The molecule has 0 amide bonds. The van der Waals surface area contributed by atoms with Crippen molar-refractivity contribution in [3.63, 3.8) is 0 Å². The molecule has 0 saturated heterocycles. The molecule has 0 aliphatic carbocycles. The number of rotatable bonds is 4. The van der Waals surface area contributed by atoms with Gasteiger partial charge in [-0.2, -0.15) is 0 Å². The van der Waals surface area contributed by atoms with Crippen molar-refractivity contribution in [2.45, 2.75) is 10.8 Å². The van der Waals surface area contributed by atoms with E-state index in [1.54, 1.807) is 36.7 Å².